The first kappa shape index (κ1) is 21.4. The normalized spacial score (nSPS) is 10.8. The third kappa shape index (κ3) is 5.44. The summed E-state index contributed by atoms with van der Waals surface area (Å²) in [6.07, 6.45) is 3.46. The maximum Gasteiger partial charge on any atom is 0.234 e. The van der Waals surface area contributed by atoms with Crippen LogP contribution in [0.5, 0.6) is 0 Å². The van der Waals surface area contributed by atoms with E-state index in [0.29, 0.717) is 33.3 Å². The Bertz CT molecular complexity index is 1190. The van der Waals surface area contributed by atoms with Crippen LogP contribution in [0.4, 0.5) is 5.69 Å². The highest BCUT2D eigenvalue weighted by atomic mass is 35.5. The lowest BCUT2D eigenvalue weighted by Gasteiger charge is -2.11. The van der Waals surface area contributed by atoms with Gasteiger partial charge in [0.1, 0.15) is 0 Å². The SMILES string of the molecule is O=C(CSc1nnc(-c2cccnc2)n1Cc1ccccc1)Nc1ccc(Cl)c(Cl)c1. The minimum absolute atomic E-state index is 0.167. The van der Waals surface area contributed by atoms with Gasteiger partial charge in [0, 0.05) is 23.6 Å². The van der Waals surface area contributed by atoms with Crippen molar-refractivity contribution in [3.63, 3.8) is 0 Å². The summed E-state index contributed by atoms with van der Waals surface area (Å²) in [6.45, 7) is 0.578. The summed E-state index contributed by atoms with van der Waals surface area (Å²) >= 11 is 13.3. The number of anilines is 1. The van der Waals surface area contributed by atoms with Crippen molar-refractivity contribution in [3.8, 4) is 11.4 Å². The van der Waals surface area contributed by atoms with Crippen LogP contribution in [0.15, 0.2) is 78.2 Å². The van der Waals surface area contributed by atoms with Crippen molar-refractivity contribution in [3.05, 3.63) is 88.7 Å². The molecule has 2 heterocycles. The van der Waals surface area contributed by atoms with E-state index in [4.69, 9.17) is 23.2 Å². The summed E-state index contributed by atoms with van der Waals surface area (Å²) in [5, 5.41) is 13.0. The van der Waals surface area contributed by atoms with E-state index in [1.807, 2.05) is 47.0 Å². The molecule has 0 saturated heterocycles. The van der Waals surface area contributed by atoms with Gasteiger partial charge in [0.05, 0.1) is 22.3 Å². The number of carbonyl (C=O) groups excluding carboxylic acids is 1. The molecular weight excluding hydrogens is 453 g/mol. The van der Waals surface area contributed by atoms with E-state index in [-0.39, 0.29) is 11.7 Å². The zero-order valence-corrected chi connectivity index (χ0v) is 18.5. The van der Waals surface area contributed by atoms with Crippen molar-refractivity contribution in [2.24, 2.45) is 0 Å². The van der Waals surface area contributed by atoms with E-state index >= 15 is 0 Å². The highest BCUT2D eigenvalue weighted by molar-refractivity contribution is 7.99. The molecule has 2 aromatic carbocycles. The van der Waals surface area contributed by atoms with Crippen LogP contribution in [-0.4, -0.2) is 31.4 Å². The second-order valence-corrected chi connectivity index (χ2v) is 8.34. The van der Waals surface area contributed by atoms with Crippen LogP contribution in [-0.2, 0) is 11.3 Å². The van der Waals surface area contributed by atoms with Crippen molar-refractivity contribution in [2.45, 2.75) is 11.7 Å². The number of amides is 1. The standard InChI is InChI=1S/C22H17Cl2N5OS/c23-18-9-8-17(11-19(18)24)26-20(30)14-31-22-28-27-21(16-7-4-10-25-12-16)29(22)13-15-5-2-1-3-6-15/h1-12H,13-14H2,(H,26,30). The number of hydrogen-bond acceptors (Lipinski definition) is 5. The number of carbonyl (C=O) groups is 1. The molecule has 0 radical (unpaired) electrons. The summed E-state index contributed by atoms with van der Waals surface area (Å²) < 4.78 is 1.99. The smallest absolute Gasteiger partial charge is 0.234 e. The molecule has 2 aromatic heterocycles. The lowest BCUT2D eigenvalue weighted by molar-refractivity contribution is -0.113. The van der Waals surface area contributed by atoms with E-state index in [9.17, 15) is 4.79 Å². The zero-order chi connectivity index (χ0) is 21.6. The lowest BCUT2D eigenvalue weighted by Crippen LogP contribution is -2.15. The maximum atomic E-state index is 12.5. The Kier molecular flexibility index (Phi) is 6.86. The molecule has 0 bridgehead atoms. The van der Waals surface area contributed by atoms with Crippen LogP contribution < -0.4 is 5.32 Å². The Balaban J connectivity index is 1.52. The topological polar surface area (TPSA) is 72.7 Å². The number of thioether (sulfide) groups is 1. The van der Waals surface area contributed by atoms with Gasteiger partial charge in [0.2, 0.25) is 5.91 Å². The van der Waals surface area contributed by atoms with Crippen LogP contribution in [0.3, 0.4) is 0 Å². The largest absolute Gasteiger partial charge is 0.325 e. The van der Waals surface area contributed by atoms with Gasteiger partial charge in [-0.15, -0.1) is 10.2 Å². The summed E-state index contributed by atoms with van der Waals surface area (Å²) in [5.74, 6) is 0.685. The molecule has 0 spiro atoms. The molecule has 0 fully saturated rings. The van der Waals surface area contributed by atoms with Gasteiger partial charge in [0.15, 0.2) is 11.0 Å². The number of nitrogens with zero attached hydrogens (tertiary/aromatic N) is 4. The quantitative estimate of drug-likeness (QED) is 0.365. The molecule has 156 valence electrons. The molecule has 31 heavy (non-hydrogen) atoms. The number of aromatic nitrogens is 4. The first-order valence-electron chi connectivity index (χ1n) is 9.35. The molecule has 0 aliphatic rings. The van der Waals surface area contributed by atoms with E-state index in [2.05, 4.69) is 20.5 Å². The molecule has 0 aliphatic carbocycles. The first-order valence-corrected chi connectivity index (χ1v) is 11.1. The maximum absolute atomic E-state index is 12.5. The van der Waals surface area contributed by atoms with Crippen molar-refractivity contribution >= 4 is 46.6 Å². The number of halogens is 2. The molecule has 1 amide bonds. The molecule has 0 saturated carbocycles. The molecule has 4 aromatic rings. The van der Waals surface area contributed by atoms with Gasteiger partial charge in [-0.3, -0.25) is 14.3 Å². The van der Waals surface area contributed by atoms with Crippen LogP contribution >= 0.6 is 35.0 Å². The molecule has 4 rings (SSSR count). The predicted molar refractivity (Wildman–Crippen MR) is 125 cm³/mol. The van der Waals surface area contributed by atoms with Crippen LogP contribution in [0.25, 0.3) is 11.4 Å². The van der Waals surface area contributed by atoms with Crippen molar-refractivity contribution in [1.29, 1.82) is 0 Å². The number of benzene rings is 2. The Hall–Kier alpha value is -2.87. The summed E-state index contributed by atoms with van der Waals surface area (Å²) in [4.78, 5) is 16.6. The Labute approximate surface area is 193 Å². The minimum Gasteiger partial charge on any atom is -0.325 e. The minimum atomic E-state index is -0.180. The molecule has 1 N–H and O–H groups in total. The second-order valence-electron chi connectivity index (χ2n) is 6.59. The molecular formula is C22H17Cl2N5OS. The van der Waals surface area contributed by atoms with Gasteiger partial charge < -0.3 is 5.32 Å². The van der Waals surface area contributed by atoms with Crippen molar-refractivity contribution < 1.29 is 4.79 Å². The van der Waals surface area contributed by atoms with Crippen LogP contribution in [0, 0.1) is 0 Å². The predicted octanol–water partition coefficient (Wildman–Crippen LogP) is 5.43. The Morgan fingerprint density at radius 1 is 1.00 bits per heavy atom. The van der Waals surface area contributed by atoms with Crippen molar-refractivity contribution in [2.75, 3.05) is 11.1 Å². The van der Waals surface area contributed by atoms with E-state index in [1.165, 1.54) is 11.8 Å². The van der Waals surface area contributed by atoms with Crippen LogP contribution in [0.2, 0.25) is 10.0 Å². The van der Waals surface area contributed by atoms with Crippen LogP contribution in [0.1, 0.15) is 5.56 Å². The van der Waals surface area contributed by atoms with Gasteiger partial charge in [0.25, 0.3) is 0 Å². The summed E-state index contributed by atoms with van der Waals surface area (Å²) in [6, 6.07) is 18.8. The van der Waals surface area contributed by atoms with Gasteiger partial charge >= 0.3 is 0 Å². The van der Waals surface area contributed by atoms with E-state index < -0.39 is 0 Å². The molecule has 6 nitrogen and oxygen atoms in total. The van der Waals surface area contributed by atoms with Gasteiger partial charge in [-0.1, -0.05) is 65.3 Å². The fourth-order valence-electron chi connectivity index (χ4n) is 2.91. The van der Waals surface area contributed by atoms with Gasteiger partial charge in [-0.05, 0) is 35.9 Å². The molecule has 0 aliphatic heterocycles. The fourth-order valence-corrected chi connectivity index (χ4v) is 3.95. The average Bonchev–Trinajstić information content (AvgIpc) is 3.18. The number of nitrogens with one attached hydrogen (secondary N) is 1. The third-order valence-corrected chi connectivity index (χ3v) is 6.06. The summed E-state index contributed by atoms with van der Waals surface area (Å²) in [7, 11) is 0. The monoisotopic (exact) mass is 469 g/mol. The number of hydrogen-bond donors (Lipinski definition) is 1. The first-order chi connectivity index (χ1) is 15.1. The molecule has 0 atom stereocenters. The zero-order valence-electron chi connectivity index (χ0n) is 16.2. The average molecular weight is 470 g/mol. The van der Waals surface area contributed by atoms with E-state index in [0.717, 1.165) is 11.1 Å². The highest BCUT2D eigenvalue weighted by Crippen LogP contribution is 2.27. The summed E-state index contributed by atoms with van der Waals surface area (Å²) in [5.41, 5.74) is 2.55. The Morgan fingerprint density at radius 3 is 2.58 bits per heavy atom. The molecule has 0 unspecified atom stereocenters. The highest BCUT2D eigenvalue weighted by Gasteiger charge is 2.16. The van der Waals surface area contributed by atoms with Crippen molar-refractivity contribution in [1.82, 2.24) is 19.7 Å². The Morgan fingerprint density at radius 2 is 1.84 bits per heavy atom. The van der Waals surface area contributed by atoms with Gasteiger partial charge in [-0.2, -0.15) is 0 Å². The third-order valence-electron chi connectivity index (χ3n) is 4.36. The number of pyridine rings is 1. The second kappa shape index (κ2) is 9.96. The van der Waals surface area contributed by atoms with Gasteiger partial charge in [-0.25, -0.2) is 0 Å². The fraction of sp³-hybridized carbons (Fsp3) is 0.0909. The lowest BCUT2D eigenvalue weighted by atomic mass is 10.2. The van der Waals surface area contributed by atoms with E-state index in [1.54, 1.807) is 30.6 Å². The number of rotatable bonds is 7. The molecule has 9 heteroatoms.